The van der Waals surface area contributed by atoms with Gasteiger partial charge in [-0.25, -0.2) is 4.79 Å². The molecular formula is C15H20N2O2. The lowest BCUT2D eigenvalue weighted by Gasteiger charge is -2.31. The Morgan fingerprint density at radius 2 is 2.00 bits per heavy atom. The van der Waals surface area contributed by atoms with Crippen LogP contribution < -0.4 is 10.2 Å². The molecule has 1 spiro atoms. The minimum Gasteiger partial charge on any atom is -0.439 e. The van der Waals surface area contributed by atoms with Crippen LogP contribution in [0.15, 0.2) is 18.2 Å². The van der Waals surface area contributed by atoms with Gasteiger partial charge in [-0.05, 0) is 56.5 Å². The van der Waals surface area contributed by atoms with Crippen molar-refractivity contribution < 1.29 is 9.53 Å². The molecule has 4 nitrogen and oxygen atoms in total. The monoisotopic (exact) mass is 260 g/mol. The standard InChI is InChI=1S/C15H20N2O2/c1-11-6-12(2)8-13(7-11)17-10-15(19-14(17)18)4-3-5-16-9-15/h6-8,16H,3-5,9-10H2,1-2H3. The van der Waals surface area contributed by atoms with Gasteiger partial charge < -0.3 is 10.1 Å². The summed E-state index contributed by atoms with van der Waals surface area (Å²) < 4.78 is 5.66. The molecule has 0 saturated carbocycles. The van der Waals surface area contributed by atoms with Crippen LogP contribution in [0.3, 0.4) is 0 Å². The number of anilines is 1. The number of nitrogens with zero attached hydrogens (tertiary/aromatic N) is 1. The van der Waals surface area contributed by atoms with E-state index in [1.165, 1.54) is 11.1 Å². The Bertz CT molecular complexity index is 487. The number of carbonyl (C=O) groups excluding carboxylic acids is 1. The summed E-state index contributed by atoms with van der Waals surface area (Å²) in [7, 11) is 0. The zero-order chi connectivity index (χ0) is 13.5. The number of hydrogen-bond acceptors (Lipinski definition) is 3. The summed E-state index contributed by atoms with van der Waals surface area (Å²) in [6.45, 7) is 6.54. The third kappa shape index (κ3) is 2.32. The molecule has 2 aliphatic rings. The first kappa shape index (κ1) is 12.5. The van der Waals surface area contributed by atoms with Crippen LogP contribution in [0.1, 0.15) is 24.0 Å². The molecule has 1 unspecified atom stereocenters. The lowest BCUT2D eigenvalue weighted by atomic mass is 9.94. The van der Waals surface area contributed by atoms with E-state index in [9.17, 15) is 4.79 Å². The van der Waals surface area contributed by atoms with E-state index in [4.69, 9.17) is 4.74 Å². The number of nitrogens with one attached hydrogen (secondary N) is 1. The molecule has 3 rings (SSSR count). The number of benzene rings is 1. The van der Waals surface area contributed by atoms with Crippen molar-refractivity contribution in [3.05, 3.63) is 29.3 Å². The van der Waals surface area contributed by atoms with Crippen molar-refractivity contribution in [2.45, 2.75) is 32.3 Å². The van der Waals surface area contributed by atoms with Gasteiger partial charge in [-0.3, -0.25) is 4.90 Å². The molecular weight excluding hydrogens is 240 g/mol. The van der Waals surface area contributed by atoms with Gasteiger partial charge in [-0.2, -0.15) is 0 Å². The fourth-order valence-electron chi connectivity index (χ4n) is 3.09. The van der Waals surface area contributed by atoms with Crippen LogP contribution in [0.25, 0.3) is 0 Å². The summed E-state index contributed by atoms with van der Waals surface area (Å²) in [5, 5.41) is 3.33. The average molecular weight is 260 g/mol. The van der Waals surface area contributed by atoms with Gasteiger partial charge in [0.1, 0.15) is 5.60 Å². The molecule has 2 aliphatic heterocycles. The highest BCUT2D eigenvalue weighted by molar-refractivity contribution is 5.90. The topological polar surface area (TPSA) is 41.6 Å². The molecule has 2 fully saturated rings. The predicted molar refractivity (Wildman–Crippen MR) is 74.6 cm³/mol. The van der Waals surface area contributed by atoms with E-state index in [-0.39, 0.29) is 11.7 Å². The van der Waals surface area contributed by atoms with Crippen molar-refractivity contribution in [2.24, 2.45) is 0 Å². The molecule has 102 valence electrons. The fourth-order valence-corrected chi connectivity index (χ4v) is 3.09. The Balaban J connectivity index is 1.87. The summed E-state index contributed by atoms with van der Waals surface area (Å²) in [4.78, 5) is 13.9. The summed E-state index contributed by atoms with van der Waals surface area (Å²) >= 11 is 0. The molecule has 0 radical (unpaired) electrons. The van der Waals surface area contributed by atoms with Gasteiger partial charge in [0.2, 0.25) is 0 Å². The second-order valence-corrected chi connectivity index (χ2v) is 5.76. The van der Waals surface area contributed by atoms with E-state index < -0.39 is 0 Å². The van der Waals surface area contributed by atoms with Gasteiger partial charge in [0.05, 0.1) is 6.54 Å². The lowest BCUT2D eigenvalue weighted by Crippen LogP contribution is -2.48. The number of rotatable bonds is 1. The highest BCUT2D eigenvalue weighted by atomic mass is 16.6. The molecule has 19 heavy (non-hydrogen) atoms. The van der Waals surface area contributed by atoms with Gasteiger partial charge in [-0.1, -0.05) is 6.07 Å². The zero-order valence-electron chi connectivity index (χ0n) is 11.5. The molecule has 2 heterocycles. The molecule has 1 aromatic rings. The fraction of sp³-hybridized carbons (Fsp3) is 0.533. The molecule has 2 saturated heterocycles. The second kappa shape index (κ2) is 4.53. The minimum atomic E-state index is -0.326. The number of piperidine rings is 1. The largest absolute Gasteiger partial charge is 0.439 e. The van der Waals surface area contributed by atoms with E-state index in [0.29, 0.717) is 6.54 Å². The van der Waals surface area contributed by atoms with Crippen molar-refractivity contribution in [2.75, 3.05) is 24.5 Å². The maximum absolute atomic E-state index is 12.1. The third-order valence-electron chi connectivity index (χ3n) is 3.92. The Kier molecular flexibility index (Phi) is 2.97. The van der Waals surface area contributed by atoms with Gasteiger partial charge in [-0.15, -0.1) is 0 Å². The number of amides is 1. The second-order valence-electron chi connectivity index (χ2n) is 5.76. The highest BCUT2D eigenvalue weighted by Crippen LogP contribution is 2.33. The quantitative estimate of drug-likeness (QED) is 0.843. The summed E-state index contributed by atoms with van der Waals surface area (Å²) in [5.74, 6) is 0. The number of hydrogen-bond donors (Lipinski definition) is 1. The van der Waals surface area contributed by atoms with Crippen molar-refractivity contribution in [3.8, 4) is 0 Å². The maximum Gasteiger partial charge on any atom is 0.415 e. The molecule has 0 bridgehead atoms. The summed E-state index contributed by atoms with van der Waals surface area (Å²) in [6, 6.07) is 6.20. The first-order valence-corrected chi connectivity index (χ1v) is 6.88. The number of carbonyl (C=O) groups is 1. The summed E-state index contributed by atoms with van der Waals surface area (Å²) in [5.41, 5.74) is 2.97. The third-order valence-corrected chi connectivity index (χ3v) is 3.92. The van der Waals surface area contributed by atoms with Gasteiger partial charge in [0.15, 0.2) is 0 Å². The van der Waals surface area contributed by atoms with Crippen molar-refractivity contribution in [1.29, 1.82) is 0 Å². The van der Waals surface area contributed by atoms with Gasteiger partial charge >= 0.3 is 6.09 Å². The summed E-state index contributed by atoms with van der Waals surface area (Å²) in [6.07, 6.45) is 1.80. The van der Waals surface area contributed by atoms with Gasteiger partial charge in [0, 0.05) is 12.2 Å². The van der Waals surface area contributed by atoms with Crippen LogP contribution >= 0.6 is 0 Å². The van der Waals surface area contributed by atoms with E-state index in [1.807, 2.05) is 12.1 Å². The van der Waals surface area contributed by atoms with Crippen LogP contribution in [0, 0.1) is 13.8 Å². The van der Waals surface area contributed by atoms with Crippen LogP contribution in [0.4, 0.5) is 10.5 Å². The predicted octanol–water partition coefficient (Wildman–Crippen LogP) is 2.38. The van der Waals surface area contributed by atoms with Crippen molar-refractivity contribution in [1.82, 2.24) is 5.32 Å². The van der Waals surface area contributed by atoms with Crippen LogP contribution in [-0.4, -0.2) is 31.3 Å². The molecule has 4 heteroatoms. The van der Waals surface area contributed by atoms with Crippen LogP contribution in [-0.2, 0) is 4.74 Å². The molecule has 1 atom stereocenters. The molecule has 0 aromatic heterocycles. The van der Waals surface area contributed by atoms with E-state index in [2.05, 4.69) is 25.2 Å². The zero-order valence-corrected chi connectivity index (χ0v) is 11.5. The SMILES string of the molecule is Cc1cc(C)cc(N2CC3(CCCNC3)OC2=O)c1. The molecule has 0 aliphatic carbocycles. The van der Waals surface area contributed by atoms with E-state index >= 15 is 0 Å². The van der Waals surface area contributed by atoms with Crippen LogP contribution in [0.5, 0.6) is 0 Å². The Morgan fingerprint density at radius 1 is 1.26 bits per heavy atom. The smallest absolute Gasteiger partial charge is 0.415 e. The first-order chi connectivity index (χ1) is 9.08. The Hall–Kier alpha value is -1.55. The van der Waals surface area contributed by atoms with Crippen molar-refractivity contribution in [3.63, 3.8) is 0 Å². The Labute approximate surface area is 113 Å². The lowest BCUT2D eigenvalue weighted by molar-refractivity contribution is 0.0366. The molecule has 1 N–H and O–H groups in total. The van der Waals surface area contributed by atoms with Crippen molar-refractivity contribution >= 4 is 11.8 Å². The van der Waals surface area contributed by atoms with Crippen LogP contribution in [0.2, 0.25) is 0 Å². The normalized spacial score (nSPS) is 26.8. The number of ether oxygens (including phenoxy) is 1. The van der Waals surface area contributed by atoms with E-state index in [0.717, 1.165) is 31.6 Å². The highest BCUT2D eigenvalue weighted by Gasteiger charge is 2.46. The van der Waals surface area contributed by atoms with E-state index in [1.54, 1.807) is 4.90 Å². The average Bonchev–Trinajstić information content (AvgIpc) is 2.66. The Morgan fingerprint density at radius 3 is 2.63 bits per heavy atom. The van der Waals surface area contributed by atoms with Gasteiger partial charge in [0.25, 0.3) is 0 Å². The first-order valence-electron chi connectivity index (χ1n) is 6.88. The molecule has 1 aromatic carbocycles. The number of aryl methyl sites for hydroxylation is 2. The maximum atomic E-state index is 12.1. The minimum absolute atomic E-state index is 0.214. The molecule has 1 amide bonds.